The SMILES string of the molecule is CCOc1cncc(C(C)(N)c2cccc(OC)c2)c1. The molecule has 0 aliphatic rings. The van der Waals surface area contributed by atoms with Crippen LogP contribution in [0.15, 0.2) is 42.7 Å². The summed E-state index contributed by atoms with van der Waals surface area (Å²) >= 11 is 0. The van der Waals surface area contributed by atoms with Crippen LogP contribution < -0.4 is 15.2 Å². The van der Waals surface area contributed by atoms with E-state index in [2.05, 4.69) is 4.98 Å². The molecule has 0 saturated heterocycles. The summed E-state index contributed by atoms with van der Waals surface area (Å²) in [4.78, 5) is 4.20. The van der Waals surface area contributed by atoms with Crippen molar-refractivity contribution < 1.29 is 9.47 Å². The minimum Gasteiger partial charge on any atom is -0.497 e. The van der Waals surface area contributed by atoms with Gasteiger partial charge in [0.15, 0.2) is 0 Å². The number of hydrogen-bond donors (Lipinski definition) is 1. The van der Waals surface area contributed by atoms with Gasteiger partial charge in [-0.15, -0.1) is 0 Å². The predicted molar refractivity (Wildman–Crippen MR) is 79.0 cm³/mol. The highest BCUT2D eigenvalue weighted by atomic mass is 16.5. The van der Waals surface area contributed by atoms with E-state index in [9.17, 15) is 0 Å². The summed E-state index contributed by atoms with van der Waals surface area (Å²) in [5.41, 5.74) is 7.70. The van der Waals surface area contributed by atoms with Crippen molar-refractivity contribution in [1.29, 1.82) is 0 Å². The summed E-state index contributed by atoms with van der Waals surface area (Å²) in [6.07, 6.45) is 3.46. The zero-order valence-electron chi connectivity index (χ0n) is 12.1. The Morgan fingerprint density at radius 2 is 1.90 bits per heavy atom. The van der Waals surface area contributed by atoms with E-state index >= 15 is 0 Å². The fraction of sp³-hybridized carbons (Fsp3) is 0.312. The van der Waals surface area contributed by atoms with Gasteiger partial charge in [-0.1, -0.05) is 12.1 Å². The van der Waals surface area contributed by atoms with Crippen molar-refractivity contribution in [3.05, 3.63) is 53.9 Å². The van der Waals surface area contributed by atoms with Gasteiger partial charge >= 0.3 is 0 Å². The molecule has 0 fully saturated rings. The Labute approximate surface area is 119 Å². The summed E-state index contributed by atoms with van der Waals surface area (Å²) in [5.74, 6) is 1.51. The summed E-state index contributed by atoms with van der Waals surface area (Å²) in [6, 6.07) is 9.67. The Hall–Kier alpha value is -2.07. The number of rotatable bonds is 5. The summed E-state index contributed by atoms with van der Waals surface area (Å²) in [5, 5.41) is 0. The number of nitrogens with two attached hydrogens (primary N) is 1. The third-order valence-electron chi connectivity index (χ3n) is 3.29. The van der Waals surface area contributed by atoms with E-state index in [-0.39, 0.29) is 0 Å². The van der Waals surface area contributed by atoms with Gasteiger partial charge in [-0.2, -0.15) is 0 Å². The fourth-order valence-corrected chi connectivity index (χ4v) is 2.06. The Balaban J connectivity index is 2.40. The third-order valence-corrected chi connectivity index (χ3v) is 3.29. The van der Waals surface area contributed by atoms with Crippen LogP contribution in [0.4, 0.5) is 0 Å². The molecule has 0 aliphatic heterocycles. The van der Waals surface area contributed by atoms with Crippen molar-refractivity contribution in [2.75, 3.05) is 13.7 Å². The molecular formula is C16H20N2O2. The minimum absolute atomic E-state index is 0.603. The molecule has 4 heteroatoms. The lowest BCUT2D eigenvalue weighted by molar-refractivity contribution is 0.337. The number of nitrogens with zero attached hydrogens (tertiary/aromatic N) is 1. The van der Waals surface area contributed by atoms with Gasteiger partial charge in [-0.25, -0.2) is 0 Å². The molecule has 0 radical (unpaired) electrons. The average molecular weight is 272 g/mol. The maximum Gasteiger partial charge on any atom is 0.137 e. The molecule has 2 rings (SSSR count). The van der Waals surface area contributed by atoms with Gasteiger partial charge < -0.3 is 15.2 Å². The molecule has 0 spiro atoms. The van der Waals surface area contributed by atoms with Crippen LogP contribution in [0.5, 0.6) is 11.5 Å². The first-order valence-electron chi connectivity index (χ1n) is 6.59. The normalized spacial score (nSPS) is 13.6. The van der Waals surface area contributed by atoms with Crippen LogP contribution >= 0.6 is 0 Å². The van der Waals surface area contributed by atoms with Crippen molar-refractivity contribution in [2.45, 2.75) is 19.4 Å². The van der Waals surface area contributed by atoms with Gasteiger partial charge in [0.05, 0.1) is 25.5 Å². The van der Waals surface area contributed by atoms with Crippen LogP contribution in [0.2, 0.25) is 0 Å². The molecule has 106 valence electrons. The van der Waals surface area contributed by atoms with Gasteiger partial charge in [0.25, 0.3) is 0 Å². The molecule has 0 amide bonds. The standard InChI is InChI=1S/C16H20N2O2/c1-4-20-15-9-13(10-18-11-15)16(2,17)12-6-5-7-14(8-12)19-3/h5-11H,4,17H2,1-3H3. The average Bonchev–Trinajstić information content (AvgIpc) is 2.48. The maximum absolute atomic E-state index is 6.50. The molecule has 4 nitrogen and oxygen atoms in total. The van der Waals surface area contributed by atoms with Gasteiger partial charge in [-0.05, 0) is 43.2 Å². The topological polar surface area (TPSA) is 57.4 Å². The number of pyridine rings is 1. The van der Waals surface area contributed by atoms with E-state index in [1.54, 1.807) is 19.5 Å². The van der Waals surface area contributed by atoms with Crippen LogP contribution in [-0.2, 0) is 5.54 Å². The molecular weight excluding hydrogens is 252 g/mol. The zero-order chi connectivity index (χ0) is 14.6. The number of hydrogen-bond acceptors (Lipinski definition) is 4. The quantitative estimate of drug-likeness (QED) is 0.909. The molecule has 0 bridgehead atoms. The first-order chi connectivity index (χ1) is 9.57. The van der Waals surface area contributed by atoms with Gasteiger partial charge in [-0.3, -0.25) is 4.98 Å². The van der Waals surface area contributed by atoms with E-state index in [1.807, 2.05) is 44.2 Å². The number of aromatic nitrogens is 1. The molecule has 20 heavy (non-hydrogen) atoms. The van der Waals surface area contributed by atoms with Gasteiger partial charge in [0, 0.05) is 6.20 Å². The summed E-state index contributed by atoms with van der Waals surface area (Å²) in [6.45, 7) is 4.50. The molecule has 1 unspecified atom stereocenters. The molecule has 1 aromatic carbocycles. The van der Waals surface area contributed by atoms with E-state index in [4.69, 9.17) is 15.2 Å². The second-order valence-corrected chi connectivity index (χ2v) is 4.78. The van der Waals surface area contributed by atoms with Crippen LogP contribution in [0.3, 0.4) is 0 Å². The largest absolute Gasteiger partial charge is 0.497 e. The summed E-state index contributed by atoms with van der Waals surface area (Å²) < 4.78 is 10.7. The highest BCUT2D eigenvalue weighted by molar-refractivity contribution is 5.41. The monoisotopic (exact) mass is 272 g/mol. The van der Waals surface area contributed by atoms with Crippen molar-refractivity contribution in [1.82, 2.24) is 4.98 Å². The summed E-state index contributed by atoms with van der Waals surface area (Å²) in [7, 11) is 1.64. The minimum atomic E-state index is -0.658. The first-order valence-corrected chi connectivity index (χ1v) is 6.59. The van der Waals surface area contributed by atoms with E-state index < -0.39 is 5.54 Å². The Morgan fingerprint density at radius 3 is 2.60 bits per heavy atom. The van der Waals surface area contributed by atoms with Crippen LogP contribution in [-0.4, -0.2) is 18.7 Å². The van der Waals surface area contributed by atoms with Crippen LogP contribution in [0, 0.1) is 0 Å². The van der Waals surface area contributed by atoms with Gasteiger partial charge in [0.2, 0.25) is 0 Å². The van der Waals surface area contributed by atoms with E-state index in [0.717, 1.165) is 22.6 Å². The molecule has 1 atom stereocenters. The highest BCUT2D eigenvalue weighted by Gasteiger charge is 2.25. The lowest BCUT2D eigenvalue weighted by Crippen LogP contribution is -2.34. The molecule has 1 aromatic heterocycles. The maximum atomic E-state index is 6.50. The molecule has 1 heterocycles. The van der Waals surface area contributed by atoms with E-state index in [1.165, 1.54) is 0 Å². The van der Waals surface area contributed by atoms with E-state index in [0.29, 0.717) is 6.61 Å². The number of ether oxygens (including phenoxy) is 2. The van der Waals surface area contributed by atoms with Crippen molar-refractivity contribution in [3.63, 3.8) is 0 Å². The molecule has 2 N–H and O–H groups in total. The number of benzene rings is 1. The lowest BCUT2D eigenvalue weighted by atomic mass is 9.86. The first kappa shape index (κ1) is 14.3. The van der Waals surface area contributed by atoms with Crippen molar-refractivity contribution in [2.24, 2.45) is 5.73 Å². The Morgan fingerprint density at radius 1 is 1.15 bits per heavy atom. The lowest BCUT2D eigenvalue weighted by Gasteiger charge is -2.26. The Kier molecular flexibility index (Phi) is 4.25. The van der Waals surface area contributed by atoms with Gasteiger partial charge in [0.1, 0.15) is 11.5 Å². The van der Waals surface area contributed by atoms with Crippen molar-refractivity contribution in [3.8, 4) is 11.5 Å². The smallest absolute Gasteiger partial charge is 0.137 e. The zero-order valence-corrected chi connectivity index (χ0v) is 12.1. The van der Waals surface area contributed by atoms with Crippen LogP contribution in [0.25, 0.3) is 0 Å². The Bertz CT molecular complexity index is 582. The highest BCUT2D eigenvalue weighted by Crippen LogP contribution is 2.30. The predicted octanol–water partition coefficient (Wildman–Crippen LogP) is 2.71. The fourth-order valence-electron chi connectivity index (χ4n) is 2.06. The number of methoxy groups -OCH3 is 1. The molecule has 0 saturated carbocycles. The third kappa shape index (κ3) is 2.91. The molecule has 0 aliphatic carbocycles. The van der Waals surface area contributed by atoms with Crippen molar-refractivity contribution >= 4 is 0 Å². The molecule has 2 aromatic rings. The second kappa shape index (κ2) is 5.92. The second-order valence-electron chi connectivity index (χ2n) is 4.78. The van der Waals surface area contributed by atoms with Crippen LogP contribution in [0.1, 0.15) is 25.0 Å².